The van der Waals surface area contributed by atoms with Crippen LogP contribution in [0.1, 0.15) is 32.6 Å². The SMILES string of the molecule is CCCCS(=O)(=O)NCC1(CN2CCOCC2)CCOCC1. The normalized spacial score (nSPS) is 23.5. The minimum atomic E-state index is -3.16. The standard InChI is InChI=1S/C15H30N2O4S/c1-2-3-12-22(18,19)16-13-15(4-8-20-9-5-15)14-17-6-10-21-11-7-17/h16H,2-14H2,1H3. The lowest BCUT2D eigenvalue weighted by Crippen LogP contribution is -2.51. The Balaban J connectivity index is 1.93. The van der Waals surface area contributed by atoms with E-state index in [0.717, 1.165) is 71.7 Å². The molecule has 0 aromatic rings. The van der Waals surface area contributed by atoms with Crippen molar-refractivity contribution >= 4 is 10.0 Å². The number of ether oxygens (including phenoxy) is 2. The minimum Gasteiger partial charge on any atom is -0.381 e. The molecule has 0 unspecified atom stereocenters. The van der Waals surface area contributed by atoms with Crippen LogP contribution in [0.5, 0.6) is 0 Å². The summed E-state index contributed by atoms with van der Waals surface area (Å²) < 4.78 is 37.9. The monoisotopic (exact) mass is 334 g/mol. The second kappa shape index (κ2) is 8.59. The Morgan fingerprint density at radius 3 is 2.36 bits per heavy atom. The summed E-state index contributed by atoms with van der Waals surface area (Å²) in [6, 6.07) is 0. The van der Waals surface area contributed by atoms with Crippen molar-refractivity contribution in [3.63, 3.8) is 0 Å². The molecule has 2 aliphatic rings. The van der Waals surface area contributed by atoms with Crippen LogP contribution in [-0.4, -0.2) is 71.7 Å². The maximum atomic E-state index is 12.1. The number of nitrogens with one attached hydrogen (secondary N) is 1. The van der Waals surface area contributed by atoms with Crippen LogP contribution in [0.15, 0.2) is 0 Å². The Morgan fingerprint density at radius 1 is 1.09 bits per heavy atom. The second-order valence-electron chi connectivity index (χ2n) is 6.49. The zero-order chi connectivity index (χ0) is 15.9. The number of morpholine rings is 1. The lowest BCUT2D eigenvalue weighted by atomic mass is 9.79. The fourth-order valence-corrected chi connectivity index (χ4v) is 4.44. The molecule has 0 spiro atoms. The van der Waals surface area contributed by atoms with Crippen molar-refractivity contribution in [3.05, 3.63) is 0 Å². The molecule has 2 fully saturated rings. The van der Waals surface area contributed by atoms with E-state index < -0.39 is 10.0 Å². The van der Waals surface area contributed by atoms with Gasteiger partial charge in [-0.15, -0.1) is 0 Å². The van der Waals surface area contributed by atoms with Crippen LogP contribution >= 0.6 is 0 Å². The van der Waals surface area contributed by atoms with Crippen molar-refractivity contribution in [2.75, 3.05) is 58.4 Å². The van der Waals surface area contributed by atoms with Crippen LogP contribution < -0.4 is 4.72 Å². The summed E-state index contributed by atoms with van der Waals surface area (Å²) in [5.41, 5.74) is -0.00508. The topological polar surface area (TPSA) is 67.9 Å². The van der Waals surface area contributed by atoms with Crippen molar-refractivity contribution in [2.24, 2.45) is 5.41 Å². The first-order valence-electron chi connectivity index (χ1n) is 8.40. The Hall–Kier alpha value is -0.210. The lowest BCUT2D eigenvalue weighted by molar-refractivity contribution is -0.0270. The van der Waals surface area contributed by atoms with Crippen LogP contribution in [0.3, 0.4) is 0 Å². The summed E-state index contributed by atoms with van der Waals surface area (Å²) in [6.45, 7) is 8.33. The summed E-state index contributed by atoms with van der Waals surface area (Å²) in [7, 11) is -3.16. The first-order chi connectivity index (χ1) is 10.6. The number of sulfonamides is 1. The summed E-state index contributed by atoms with van der Waals surface area (Å²) in [5, 5.41) is 0. The highest BCUT2D eigenvalue weighted by molar-refractivity contribution is 7.89. The Morgan fingerprint density at radius 2 is 1.73 bits per heavy atom. The van der Waals surface area contributed by atoms with Crippen LogP contribution in [0.4, 0.5) is 0 Å². The van der Waals surface area contributed by atoms with E-state index >= 15 is 0 Å². The molecule has 6 nitrogen and oxygen atoms in total. The fourth-order valence-electron chi connectivity index (χ4n) is 3.10. The smallest absolute Gasteiger partial charge is 0.211 e. The van der Waals surface area contributed by atoms with E-state index in [-0.39, 0.29) is 11.2 Å². The molecular weight excluding hydrogens is 304 g/mol. The molecule has 0 saturated carbocycles. The van der Waals surface area contributed by atoms with Gasteiger partial charge in [-0.2, -0.15) is 0 Å². The third-order valence-electron chi connectivity index (χ3n) is 4.65. The van der Waals surface area contributed by atoms with Crippen molar-refractivity contribution in [1.29, 1.82) is 0 Å². The Kier molecular flexibility index (Phi) is 7.08. The largest absolute Gasteiger partial charge is 0.381 e. The molecule has 2 aliphatic heterocycles. The lowest BCUT2D eigenvalue weighted by Gasteiger charge is -2.42. The molecule has 1 N–H and O–H groups in total. The van der Waals surface area contributed by atoms with E-state index in [0.29, 0.717) is 6.54 Å². The Labute approximate surface area is 134 Å². The third kappa shape index (κ3) is 5.77. The van der Waals surface area contributed by atoms with Crippen LogP contribution in [0.25, 0.3) is 0 Å². The number of unbranched alkanes of at least 4 members (excludes halogenated alkanes) is 1. The van der Waals surface area contributed by atoms with E-state index in [1.807, 2.05) is 6.92 Å². The molecule has 0 bridgehead atoms. The van der Waals surface area contributed by atoms with E-state index in [9.17, 15) is 8.42 Å². The van der Waals surface area contributed by atoms with Gasteiger partial charge in [-0.3, -0.25) is 4.90 Å². The zero-order valence-electron chi connectivity index (χ0n) is 13.7. The molecule has 0 aromatic carbocycles. The van der Waals surface area contributed by atoms with Gasteiger partial charge in [0.2, 0.25) is 10.0 Å². The van der Waals surface area contributed by atoms with Gasteiger partial charge in [-0.05, 0) is 19.3 Å². The van der Waals surface area contributed by atoms with Gasteiger partial charge < -0.3 is 9.47 Å². The van der Waals surface area contributed by atoms with Gasteiger partial charge in [0, 0.05) is 44.8 Å². The predicted molar refractivity (Wildman–Crippen MR) is 86.4 cm³/mol. The number of hydrogen-bond acceptors (Lipinski definition) is 5. The van der Waals surface area contributed by atoms with E-state index in [2.05, 4.69) is 9.62 Å². The summed E-state index contributed by atoms with van der Waals surface area (Å²) in [4.78, 5) is 2.40. The second-order valence-corrected chi connectivity index (χ2v) is 8.42. The highest BCUT2D eigenvalue weighted by atomic mass is 32.2. The van der Waals surface area contributed by atoms with Crippen LogP contribution in [-0.2, 0) is 19.5 Å². The van der Waals surface area contributed by atoms with Crippen molar-refractivity contribution < 1.29 is 17.9 Å². The fraction of sp³-hybridized carbons (Fsp3) is 1.00. The third-order valence-corrected chi connectivity index (χ3v) is 6.06. The molecule has 0 atom stereocenters. The summed E-state index contributed by atoms with van der Waals surface area (Å²) >= 11 is 0. The maximum Gasteiger partial charge on any atom is 0.211 e. The van der Waals surface area contributed by atoms with Gasteiger partial charge >= 0.3 is 0 Å². The molecule has 7 heteroatoms. The number of nitrogens with zero attached hydrogens (tertiary/aromatic N) is 1. The van der Waals surface area contributed by atoms with E-state index in [1.54, 1.807) is 0 Å². The van der Waals surface area contributed by atoms with Gasteiger partial charge in [-0.25, -0.2) is 13.1 Å². The molecule has 2 rings (SSSR count). The highest BCUT2D eigenvalue weighted by Gasteiger charge is 2.35. The van der Waals surface area contributed by atoms with Gasteiger partial charge in [0.15, 0.2) is 0 Å². The first-order valence-corrected chi connectivity index (χ1v) is 10.1. The van der Waals surface area contributed by atoms with E-state index in [4.69, 9.17) is 9.47 Å². The molecule has 0 aliphatic carbocycles. The summed E-state index contributed by atoms with van der Waals surface area (Å²) in [5.74, 6) is 0.230. The number of hydrogen-bond donors (Lipinski definition) is 1. The van der Waals surface area contributed by atoms with Crippen molar-refractivity contribution in [2.45, 2.75) is 32.6 Å². The molecule has 130 valence electrons. The zero-order valence-corrected chi connectivity index (χ0v) is 14.5. The van der Waals surface area contributed by atoms with Crippen LogP contribution in [0.2, 0.25) is 0 Å². The minimum absolute atomic E-state index is 0.00508. The molecule has 0 aromatic heterocycles. The quantitative estimate of drug-likeness (QED) is 0.712. The average Bonchev–Trinajstić information content (AvgIpc) is 2.53. The maximum absolute atomic E-state index is 12.1. The molecule has 0 radical (unpaired) electrons. The van der Waals surface area contributed by atoms with E-state index in [1.165, 1.54) is 0 Å². The summed E-state index contributed by atoms with van der Waals surface area (Å²) in [6.07, 6.45) is 3.45. The molecule has 0 amide bonds. The molecular formula is C15H30N2O4S. The average molecular weight is 334 g/mol. The predicted octanol–water partition coefficient (Wildman–Crippen LogP) is 0.835. The number of rotatable bonds is 8. The van der Waals surface area contributed by atoms with Crippen molar-refractivity contribution in [1.82, 2.24) is 9.62 Å². The Bertz CT molecular complexity index is 415. The van der Waals surface area contributed by atoms with Gasteiger partial charge in [0.25, 0.3) is 0 Å². The van der Waals surface area contributed by atoms with Gasteiger partial charge in [0.05, 0.1) is 19.0 Å². The molecule has 2 saturated heterocycles. The molecule has 22 heavy (non-hydrogen) atoms. The van der Waals surface area contributed by atoms with Crippen molar-refractivity contribution in [3.8, 4) is 0 Å². The van der Waals surface area contributed by atoms with Gasteiger partial charge in [-0.1, -0.05) is 13.3 Å². The molecule has 2 heterocycles. The van der Waals surface area contributed by atoms with Crippen LogP contribution in [0, 0.1) is 5.41 Å². The highest BCUT2D eigenvalue weighted by Crippen LogP contribution is 2.31. The van der Waals surface area contributed by atoms with Gasteiger partial charge in [0.1, 0.15) is 0 Å². The first kappa shape index (κ1) is 18.1.